The number of nitrogens with zero attached hydrogens (tertiary/aromatic N) is 1. The minimum atomic E-state index is -1.18. The number of aliphatic hydroxyl groups excluding tert-OH is 2. The van der Waals surface area contributed by atoms with Crippen molar-refractivity contribution in [1.29, 1.82) is 0 Å². The van der Waals surface area contributed by atoms with Crippen molar-refractivity contribution in [2.75, 3.05) is 5.88 Å². The van der Waals surface area contributed by atoms with Gasteiger partial charge in [-0.3, -0.25) is 4.98 Å². The van der Waals surface area contributed by atoms with Crippen LogP contribution in [0.25, 0.3) is 0 Å². The highest BCUT2D eigenvalue weighted by molar-refractivity contribution is 6.17. The van der Waals surface area contributed by atoms with Crippen molar-refractivity contribution in [3.05, 3.63) is 29.6 Å². The summed E-state index contributed by atoms with van der Waals surface area (Å²) in [5.41, 5.74) is 0.229. The third-order valence-corrected chi connectivity index (χ3v) is 2.34. The second-order valence-corrected chi connectivity index (χ2v) is 3.68. The van der Waals surface area contributed by atoms with Crippen molar-refractivity contribution in [2.45, 2.75) is 18.6 Å². The molecule has 0 fully saturated rings. The van der Waals surface area contributed by atoms with Crippen LogP contribution >= 0.6 is 11.6 Å². The zero-order valence-corrected chi connectivity index (χ0v) is 9.13. The first-order valence-corrected chi connectivity index (χ1v) is 5.20. The third-order valence-electron chi connectivity index (χ3n) is 2.12. The van der Waals surface area contributed by atoms with E-state index >= 15 is 0 Å². The molecule has 0 aliphatic rings. The smallest absolute Gasteiger partial charge is 0.337 e. The molecule has 3 N–H and O–H groups in total. The van der Waals surface area contributed by atoms with Crippen molar-refractivity contribution >= 4 is 17.6 Å². The average molecular weight is 246 g/mol. The van der Waals surface area contributed by atoms with E-state index in [0.717, 1.165) is 0 Å². The number of pyridine rings is 1. The first-order chi connectivity index (χ1) is 7.56. The van der Waals surface area contributed by atoms with Gasteiger partial charge in [0.1, 0.15) is 6.10 Å². The molecule has 5 nitrogen and oxygen atoms in total. The summed E-state index contributed by atoms with van der Waals surface area (Å²) < 4.78 is 0. The Morgan fingerprint density at radius 2 is 2.12 bits per heavy atom. The van der Waals surface area contributed by atoms with Crippen LogP contribution < -0.4 is 0 Å². The van der Waals surface area contributed by atoms with Crippen molar-refractivity contribution in [1.82, 2.24) is 4.98 Å². The zero-order valence-electron chi connectivity index (χ0n) is 8.38. The van der Waals surface area contributed by atoms with E-state index in [4.69, 9.17) is 16.7 Å². The van der Waals surface area contributed by atoms with Crippen LogP contribution in [0.4, 0.5) is 0 Å². The molecule has 1 aromatic heterocycles. The van der Waals surface area contributed by atoms with E-state index in [-0.39, 0.29) is 23.4 Å². The Morgan fingerprint density at radius 1 is 1.44 bits per heavy atom. The number of rotatable bonds is 5. The number of carboxylic acid groups (broad SMARTS) is 1. The summed E-state index contributed by atoms with van der Waals surface area (Å²) in [7, 11) is 0. The Bertz CT molecular complexity index is 372. The van der Waals surface area contributed by atoms with Gasteiger partial charge in [0.25, 0.3) is 0 Å². The maximum Gasteiger partial charge on any atom is 0.337 e. The number of alkyl halides is 1. The Kier molecular flexibility index (Phi) is 4.67. The molecule has 0 saturated heterocycles. The standard InChI is InChI=1S/C10H12ClNO4/c11-2-1-8(13)9(14)6-3-7(10(15)16)5-12-4-6/h3-5,8-9,13-14H,1-2H2,(H,15,16). The fourth-order valence-electron chi connectivity index (χ4n) is 1.23. The van der Waals surface area contributed by atoms with Crippen LogP contribution in [0.5, 0.6) is 0 Å². The highest BCUT2D eigenvalue weighted by Crippen LogP contribution is 2.19. The van der Waals surface area contributed by atoms with Crippen LogP contribution in [0.3, 0.4) is 0 Å². The number of aliphatic hydroxyl groups is 2. The second-order valence-electron chi connectivity index (χ2n) is 3.30. The zero-order chi connectivity index (χ0) is 12.1. The van der Waals surface area contributed by atoms with Gasteiger partial charge in [-0.1, -0.05) is 0 Å². The van der Waals surface area contributed by atoms with Crippen LogP contribution in [-0.2, 0) is 0 Å². The first kappa shape index (κ1) is 12.9. The summed E-state index contributed by atoms with van der Waals surface area (Å²) in [5.74, 6) is -0.919. The summed E-state index contributed by atoms with van der Waals surface area (Å²) in [6.45, 7) is 0. The molecule has 0 amide bonds. The van der Waals surface area contributed by atoms with E-state index in [1.54, 1.807) is 0 Å². The van der Waals surface area contributed by atoms with Crippen molar-refractivity contribution in [2.24, 2.45) is 0 Å². The number of halogens is 1. The van der Waals surface area contributed by atoms with Gasteiger partial charge in [-0.2, -0.15) is 0 Å². The molecule has 88 valence electrons. The Balaban J connectivity index is 2.86. The molecular weight excluding hydrogens is 234 g/mol. The maximum atomic E-state index is 10.7. The minimum absolute atomic E-state index is 0.0328. The fraction of sp³-hybridized carbons (Fsp3) is 0.400. The average Bonchev–Trinajstić information content (AvgIpc) is 2.28. The number of carboxylic acids is 1. The number of hydrogen-bond donors (Lipinski definition) is 3. The fourth-order valence-corrected chi connectivity index (χ4v) is 1.45. The van der Waals surface area contributed by atoms with E-state index < -0.39 is 18.2 Å². The molecular formula is C10H12ClNO4. The van der Waals surface area contributed by atoms with Gasteiger partial charge < -0.3 is 15.3 Å². The molecule has 0 saturated carbocycles. The molecule has 0 aliphatic heterocycles. The molecule has 2 atom stereocenters. The summed E-state index contributed by atoms with van der Waals surface area (Å²) in [4.78, 5) is 14.4. The number of carbonyl (C=O) groups is 1. The normalized spacial score (nSPS) is 14.4. The van der Waals surface area contributed by atoms with Gasteiger partial charge >= 0.3 is 5.97 Å². The van der Waals surface area contributed by atoms with Gasteiger partial charge in [0.15, 0.2) is 0 Å². The number of hydrogen-bond acceptors (Lipinski definition) is 4. The Morgan fingerprint density at radius 3 is 2.69 bits per heavy atom. The van der Waals surface area contributed by atoms with Crippen LogP contribution in [0, 0.1) is 0 Å². The van der Waals surface area contributed by atoms with Gasteiger partial charge in [0.2, 0.25) is 0 Å². The van der Waals surface area contributed by atoms with Crippen molar-refractivity contribution < 1.29 is 20.1 Å². The molecule has 1 aromatic rings. The lowest BCUT2D eigenvalue weighted by Crippen LogP contribution is -2.19. The Labute approximate surface area is 97.3 Å². The van der Waals surface area contributed by atoms with E-state index in [0.29, 0.717) is 0 Å². The van der Waals surface area contributed by atoms with Gasteiger partial charge in [0, 0.05) is 23.8 Å². The molecule has 16 heavy (non-hydrogen) atoms. The van der Waals surface area contributed by atoms with Crippen LogP contribution in [0.2, 0.25) is 0 Å². The molecule has 1 heterocycles. The highest BCUT2D eigenvalue weighted by Gasteiger charge is 2.19. The second kappa shape index (κ2) is 5.79. The summed E-state index contributed by atoms with van der Waals surface area (Å²) in [6.07, 6.45) is 0.509. The van der Waals surface area contributed by atoms with E-state index in [2.05, 4.69) is 4.98 Å². The predicted octanol–water partition coefficient (Wildman–Crippen LogP) is 0.803. The SMILES string of the molecule is O=C(O)c1cncc(C(O)C(O)CCCl)c1. The summed E-state index contributed by atoms with van der Waals surface area (Å²) >= 11 is 5.43. The predicted molar refractivity (Wildman–Crippen MR) is 57.5 cm³/mol. The maximum absolute atomic E-state index is 10.7. The molecule has 0 radical (unpaired) electrons. The quantitative estimate of drug-likeness (QED) is 0.668. The molecule has 0 bridgehead atoms. The Hall–Kier alpha value is -1.17. The number of aromatic carboxylic acids is 1. The van der Waals surface area contributed by atoms with Gasteiger partial charge in [-0.15, -0.1) is 11.6 Å². The molecule has 0 aromatic carbocycles. The van der Waals surface area contributed by atoms with Gasteiger partial charge in [-0.25, -0.2) is 4.79 Å². The van der Waals surface area contributed by atoms with Crippen LogP contribution in [0.1, 0.15) is 28.4 Å². The molecule has 1 rings (SSSR count). The van der Waals surface area contributed by atoms with E-state index in [1.807, 2.05) is 0 Å². The third kappa shape index (κ3) is 3.16. The van der Waals surface area contributed by atoms with Gasteiger partial charge in [0.05, 0.1) is 11.7 Å². The molecule has 6 heteroatoms. The lowest BCUT2D eigenvalue weighted by Gasteiger charge is -2.16. The molecule has 0 spiro atoms. The lowest BCUT2D eigenvalue weighted by molar-refractivity contribution is 0.0167. The van der Waals surface area contributed by atoms with Crippen LogP contribution in [0.15, 0.2) is 18.5 Å². The van der Waals surface area contributed by atoms with Crippen molar-refractivity contribution in [3.8, 4) is 0 Å². The number of aromatic nitrogens is 1. The summed E-state index contributed by atoms with van der Waals surface area (Å²) in [5, 5.41) is 27.9. The van der Waals surface area contributed by atoms with E-state index in [1.165, 1.54) is 18.5 Å². The highest BCUT2D eigenvalue weighted by atomic mass is 35.5. The van der Waals surface area contributed by atoms with Crippen molar-refractivity contribution in [3.63, 3.8) is 0 Å². The largest absolute Gasteiger partial charge is 0.478 e. The topological polar surface area (TPSA) is 90.7 Å². The molecule has 2 unspecified atom stereocenters. The van der Waals surface area contributed by atoms with E-state index in [9.17, 15) is 15.0 Å². The molecule has 0 aliphatic carbocycles. The minimum Gasteiger partial charge on any atom is -0.478 e. The first-order valence-electron chi connectivity index (χ1n) is 4.66. The van der Waals surface area contributed by atoms with Gasteiger partial charge in [-0.05, 0) is 12.5 Å². The lowest BCUT2D eigenvalue weighted by atomic mass is 10.0. The monoisotopic (exact) mass is 245 g/mol. The van der Waals surface area contributed by atoms with Crippen LogP contribution in [-0.4, -0.2) is 38.3 Å². The summed E-state index contributed by atoms with van der Waals surface area (Å²) in [6, 6.07) is 1.28.